The summed E-state index contributed by atoms with van der Waals surface area (Å²) >= 11 is 0. The van der Waals surface area contributed by atoms with Crippen LogP contribution in [0.4, 0.5) is 10.5 Å². The van der Waals surface area contributed by atoms with Gasteiger partial charge < -0.3 is 14.8 Å². The maximum atomic E-state index is 12.2. The van der Waals surface area contributed by atoms with Crippen LogP contribution in [-0.2, 0) is 6.54 Å². The van der Waals surface area contributed by atoms with Crippen molar-refractivity contribution in [2.75, 3.05) is 18.4 Å². The van der Waals surface area contributed by atoms with E-state index < -0.39 is 0 Å². The van der Waals surface area contributed by atoms with E-state index in [4.69, 9.17) is 0 Å². The number of aromatic nitrogens is 2. The van der Waals surface area contributed by atoms with Crippen molar-refractivity contribution in [2.24, 2.45) is 0 Å². The molecule has 0 radical (unpaired) electrons. The first-order valence-corrected chi connectivity index (χ1v) is 8.29. The third kappa shape index (κ3) is 3.73. The van der Waals surface area contributed by atoms with Gasteiger partial charge in [-0.1, -0.05) is 26.0 Å². The van der Waals surface area contributed by atoms with Crippen LogP contribution in [-0.4, -0.2) is 33.6 Å². The molecule has 0 saturated carbocycles. The lowest BCUT2D eigenvalue weighted by atomic mass is 10.1. The van der Waals surface area contributed by atoms with Gasteiger partial charge in [-0.3, -0.25) is 0 Å². The molecular formula is C18H24N4O. The number of carbonyl (C=O) groups excluding carboxylic acids is 1. The summed E-state index contributed by atoms with van der Waals surface area (Å²) in [6.07, 6.45) is 6.05. The van der Waals surface area contributed by atoms with Gasteiger partial charge in [0, 0.05) is 43.6 Å². The number of carbonyl (C=O) groups is 1. The smallest absolute Gasteiger partial charge is 0.321 e. The third-order valence-electron chi connectivity index (χ3n) is 4.19. The molecule has 1 fully saturated rings. The maximum Gasteiger partial charge on any atom is 0.321 e. The largest absolute Gasteiger partial charge is 0.330 e. The van der Waals surface area contributed by atoms with E-state index in [0.29, 0.717) is 5.92 Å². The molecular weight excluding hydrogens is 288 g/mol. The van der Waals surface area contributed by atoms with Crippen LogP contribution < -0.4 is 5.32 Å². The molecule has 0 aliphatic carbocycles. The van der Waals surface area contributed by atoms with Gasteiger partial charge in [0.1, 0.15) is 5.82 Å². The van der Waals surface area contributed by atoms with E-state index in [9.17, 15) is 4.79 Å². The number of imidazole rings is 1. The zero-order chi connectivity index (χ0) is 16.2. The number of hydrogen-bond acceptors (Lipinski definition) is 2. The Hall–Kier alpha value is -2.30. The molecule has 2 heterocycles. The Kier molecular flexibility index (Phi) is 4.65. The van der Waals surface area contributed by atoms with Crippen LogP contribution in [0, 0.1) is 0 Å². The lowest BCUT2D eigenvalue weighted by molar-refractivity contribution is 0.222. The fourth-order valence-corrected chi connectivity index (χ4v) is 3.02. The summed E-state index contributed by atoms with van der Waals surface area (Å²) in [6, 6.07) is 8.05. The normalized spacial score (nSPS) is 14.5. The summed E-state index contributed by atoms with van der Waals surface area (Å²) in [5.41, 5.74) is 2.01. The molecule has 1 aromatic heterocycles. The van der Waals surface area contributed by atoms with Gasteiger partial charge in [-0.2, -0.15) is 0 Å². The van der Waals surface area contributed by atoms with Gasteiger partial charge in [0.15, 0.2) is 0 Å². The summed E-state index contributed by atoms with van der Waals surface area (Å²) < 4.78 is 2.16. The summed E-state index contributed by atoms with van der Waals surface area (Å²) in [7, 11) is 0. The van der Waals surface area contributed by atoms with Crippen LogP contribution in [0.3, 0.4) is 0 Å². The van der Waals surface area contributed by atoms with Crippen molar-refractivity contribution in [2.45, 2.75) is 39.2 Å². The van der Waals surface area contributed by atoms with Gasteiger partial charge in [0.2, 0.25) is 0 Å². The summed E-state index contributed by atoms with van der Waals surface area (Å²) in [5.74, 6) is 1.47. The molecule has 1 saturated heterocycles. The van der Waals surface area contributed by atoms with Crippen molar-refractivity contribution >= 4 is 11.7 Å². The minimum Gasteiger partial charge on any atom is -0.330 e. The Morgan fingerprint density at radius 1 is 1.30 bits per heavy atom. The molecule has 2 amide bonds. The summed E-state index contributed by atoms with van der Waals surface area (Å²) in [4.78, 5) is 18.5. The number of nitrogens with zero attached hydrogens (tertiary/aromatic N) is 3. The Labute approximate surface area is 137 Å². The highest BCUT2D eigenvalue weighted by atomic mass is 16.2. The van der Waals surface area contributed by atoms with E-state index in [-0.39, 0.29) is 6.03 Å². The molecule has 5 heteroatoms. The number of urea groups is 1. The molecule has 1 aliphatic heterocycles. The van der Waals surface area contributed by atoms with E-state index in [1.807, 2.05) is 35.5 Å². The first-order chi connectivity index (χ1) is 11.1. The maximum absolute atomic E-state index is 12.2. The molecule has 2 aromatic rings. The molecule has 0 spiro atoms. The third-order valence-corrected chi connectivity index (χ3v) is 4.19. The monoisotopic (exact) mass is 312 g/mol. The predicted molar refractivity (Wildman–Crippen MR) is 91.7 cm³/mol. The standard InChI is InChI=1S/C18H24N4O/c1-14(2)17-19-8-11-22(17)13-15-6-5-7-16(12-15)20-18(23)21-9-3-4-10-21/h5-8,11-12,14H,3-4,9-10,13H2,1-2H3,(H,20,23). The molecule has 0 unspecified atom stereocenters. The molecule has 1 N–H and O–H groups in total. The number of likely N-dealkylation sites (tertiary alicyclic amines) is 1. The molecule has 5 nitrogen and oxygen atoms in total. The first kappa shape index (κ1) is 15.6. The van der Waals surface area contributed by atoms with Gasteiger partial charge in [-0.05, 0) is 30.5 Å². The van der Waals surface area contributed by atoms with Crippen molar-refractivity contribution in [1.82, 2.24) is 14.5 Å². The lowest BCUT2D eigenvalue weighted by Gasteiger charge is -2.17. The molecule has 1 aromatic carbocycles. The number of anilines is 1. The summed E-state index contributed by atoms with van der Waals surface area (Å²) in [6.45, 7) is 6.77. The zero-order valence-electron chi connectivity index (χ0n) is 13.8. The number of hydrogen-bond donors (Lipinski definition) is 1. The van der Waals surface area contributed by atoms with E-state index in [2.05, 4.69) is 34.8 Å². The second kappa shape index (κ2) is 6.86. The minimum absolute atomic E-state index is 0.00477. The Morgan fingerprint density at radius 3 is 2.83 bits per heavy atom. The molecule has 23 heavy (non-hydrogen) atoms. The van der Waals surface area contributed by atoms with E-state index in [0.717, 1.165) is 49.6 Å². The average molecular weight is 312 g/mol. The number of benzene rings is 1. The van der Waals surface area contributed by atoms with Crippen LogP contribution in [0.5, 0.6) is 0 Å². The van der Waals surface area contributed by atoms with Crippen molar-refractivity contribution in [3.05, 3.63) is 48.0 Å². The molecule has 0 bridgehead atoms. The van der Waals surface area contributed by atoms with Gasteiger partial charge in [0.25, 0.3) is 0 Å². The highest BCUT2D eigenvalue weighted by molar-refractivity contribution is 5.89. The molecule has 0 atom stereocenters. The van der Waals surface area contributed by atoms with Gasteiger partial charge in [-0.25, -0.2) is 9.78 Å². The van der Waals surface area contributed by atoms with E-state index in [1.54, 1.807) is 0 Å². The van der Waals surface area contributed by atoms with Crippen LogP contribution in [0.1, 0.15) is 44.0 Å². The second-order valence-electron chi connectivity index (χ2n) is 6.39. The topological polar surface area (TPSA) is 50.2 Å². The average Bonchev–Trinajstić information content (AvgIpc) is 3.18. The first-order valence-electron chi connectivity index (χ1n) is 8.29. The van der Waals surface area contributed by atoms with Crippen molar-refractivity contribution in [3.63, 3.8) is 0 Å². The number of rotatable bonds is 4. The Morgan fingerprint density at radius 2 is 2.09 bits per heavy atom. The molecule has 3 rings (SSSR count). The number of amides is 2. The zero-order valence-corrected chi connectivity index (χ0v) is 13.8. The van der Waals surface area contributed by atoms with Crippen molar-refractivity contribution in [3.8, 4) is 0 Å². The quantitative estimate of drug-likeness (QED) is 0.936. The van der Waals surface area contributed by atoms with E-state index >= 15 is 0 Å². The molecule has 122 valence electrons. The minimum atomic E-state index is 0.00477. The van der Waals surface area contributed by atoms with Gasteiger partial charge >= 0.3 is 6.03 Å². The second-order valence-corrected chi connectivity index (χ2v) is 6.39. The lowest BCUT2D eigenvalue weighted by Crippen LogP contribution is -2.32. The summed E-state index contributed by atoms with van der Waals surface area (Å²) in [5, 5.41) is 3.00. The van der Waals surface area contributed by atoms with Crippen molar-refractivity contribution in [1.29, 1.82) is 0 Å². The SMILES string of the molecule is CC(C)c1nccn1Cc1cccc(NC(=O)N2CCCC2)c1. The van der Waals surface area contributed by atoms with Crippen LogP contribution >= 0.6 is 0 Å². The Bertz CT molecular complexity index is 671. The number of nitrogens with one attached hydrogen (secondary N) is 1. The fourth-order valence-electron chi connectivity index (χ4n) is 3.02. The molecule has 1 aliphatic rings. The van der Waals surface area contributed by atoms with Gasteiger partial charge in [0.05, 0.1) is 0 Å². The van der Waals surface area contributed by atoms with Crippen molar-refractivity contribution < 1.29 is 4.79 Å². The van der Waals surface area contributed by atoms with Crippen LogP contribution in [0.15, 0.2) is 36.7 Å². The Balaban J connectivity index is 1.69. The van der Waals surface area contributed by atoms with Crippen LogP contribution in [0.25, 0.3) is 0 Å². The van der Waals surface area contributed by atoms with Crippen LogP contribution in [0.2, 0.25) is 0 Å². The highest BCUT2D eigenvalue weighted by Crippen LogP contribution is 2.17. The fraction of sp³-hybridized carbons (Fsp3) is 0.444. The highest BCUT2D eigenvalue weighted by Gasteiger charge is 2.17. The van der Waals surface area contributed by atoms with Gasteiger partial charge in [-0.15, -0.1) is 0 Å². The predicted octanol–water partition coefficient (Wildman–Crippen LogP) is 3.68. The van der Waals surface area contributed by atoms with E-state index in [1.165, 1.54) is 0 Å².